The van der Waals surface area contributed by atoms with E-state index in [9.17, 15) is 14.7 Å². The molecule has 7 aliphatic rings. The molecule has 1 spiro atoms. The van der Waals surface area contributed by atoms with E-state index in [-0.39, 0.29) is 48.0 Å². The molecule has 9 rings (SSSR count). The van der Waals surface area contributed by atoms with E-state index < -0.39 is 22.9 Å². The normalized spacial score (nSPS) is 36.2. The van der Waals surface area contributed by atoms with E-state index in [0.29, 0.717) is 40.5 Å². The van der Waals surface area contributed by atoms with E-state index in [0.717, 1.165) is 35.2 Å². The zero-order chi connectivity index (χ0) is 29.0. The molecule has 3 saturated heterocycles. The van der Waals surface area contributed by atoms with Crippen LogP contribution in [-0.4, -0.2) is 70.0 Å². The molecule has 8 atom stereocenters. The summed E-state index contributed by atoms with van der Waals surface area (Å²) in [6, 6.07) is 2.00. The number of hydrogen-bond acceptors (Lipinski definition) is 12. The van der Waals surface area contributed by atoms with Gasteiger partial charge in [0.05, 0.1) is 18.4 Å². The molecule has 2 aromatic rings. The van der Waals surface area contributed by atoms with Crippen LogP contribution in [0.5, 0.6) is 28.7 Å². The van der Waals surface area contributed by atoms with Crippen molar-refractivity contribution in [3.05, 3.63) is 39.4 Å². The van der Waals surface area contributed by atoms with Crippen molar-refractivity contribution in [1.29, 1.82) is 0 Å². The molecule has 12 heteroatoms. The molecule has 0 aromatic heterocycles. The predicted octanol–water partition coefficient (Wildman–Crippen LogP) is 2.82. The van der Waals surface area contributed by atoms with Crippen molar-refractivity contribution in [2.45, 2.75) is 80.0 Å². The molecule has 3 N–H and O–H groups in total. The van der Waals surface area contributed by atoms with E-state index in [1.807, 2.05) is 13.8 Å². The molecule has 6 heterocycles. The Balaban J connectivity index is 1.33. The number of fused-ring (bicyclic) bond motifs is 10. The van der Waals surface area contributed by atoms with E-state index >= 15 is 0 Å². The van der Waals surface area contributed by atoms with Crippen LogP contribution in [0.1, 0.15) is 71.3 Å². The lowest BCUT2D eigenvalue weighted by Gasteiger charge is -2.58. The maximum absolute atomic E-state index is 13.3. The summed E-state index contributed by atoms with van der Waals surface area (Å²) < 4.78 is 30.1. The number of esters is 2. The minimum absolute atomic E-state index is 0.0560. The minimum atomic E-state index is -1.12. The Morgan fingerprint density at radius 1 is 1.19 bits per heavy atom. The maximum atomic E-state index is 13.3. The summed E-state index contributed by atoms with van der Waals surface area (Å²) in [5.41, 5.74) is 10.4. The molecular weight excluding hydrogens is 562 g/mol. The number of nitrogens with zero attached hydrogens (tertiary/aromatic N) is 2. The van der Waals surface area contributed by atoms with Gasteiger partial charge in [-0.15, -0.1) is 11.8 Å². The lowest BCUT2D eigenvalue weighted by atomic mass is 9.76. The van der Waals surface area contributed by atoms with Crippen LogP contribution in [0.25, 0.3) is 0 Å². The zero-order valence-electron chi connectivity index (χ0n) is 23.6. The van der Waals surface area contributed by atoms with Gasteiger partial charge in [-0.3, -0.25) is 14.6 Å². The third kappa shape index (κ3) is 2.76. The van der Waals surface area contributed by atoms with Crippen molar-refractivity contribution in [1.82, 2.24) is 9.80 Å². The summed E-state index contributed by atoms with van der Waals surface area (Å²) in [5, 5.41) is 10.5. The van der Waals surface area contributed by atoms with Gasteiger partial charge >= 0.3 is 11.9 Å². The molecular formula is C30H31N3O8S. The van der Waals surface area contributed by atoms with Gasteiger partial charge in [-0.1, -0.05) is 6.07 Å². The average Bonchev–Trinajstić information content (AvgIpc) is 3.68. The van der Waals surface area contributed by atoms with Gasteiger partial charge in [0.2, 0.25) is 6.79 Å². The van der Waals surface area contributed by atoms with Gasteiger partial charge in [0, 0.05) is 66.3 Å². The monoisotopic (exact) mass is 593 g/mol. The largest absolute Gasteiger partial charge is 0.504 e. The van der Waals surface area contributed by atoms with Crippen LogP contribution >= 0.6 is 11.8 Å². The fourth-order valence-electron chi connectivity index (χ4n) is 9.42. The van der Waals surface area contributed by atoms with Crippen molar-refractivity contribution >= 4 is 23.7 Å². The van der Waals surface area contributed by atoms with E-state index in [4.69, 9.17) is 29.4 Å². The first-order valence-electron chi connectivity index (χ1n) is 14.4. The number of piperazine rings is 1. The van der Waals surface area contributed by atoms with Crippen LogP contribution in [0.3, 0.4) is 0 Å². The van der Waals surface area contributed by atoms with E-state index in [1.165, 1.54) is 18.7 Å². The van der Waals surface area contributed by atoms with Gasteiger partial charge in [0.25, 0.3) is 0 Å². The molecule has 11 nitrogen and oxygen atoms in total. The van der Waals surface area contributed by atoms with Crippen LogP contribution < -0.4 is 24.7 Å². The molecule has 220 valence electrons. The summed E-state index contributed by atoms with van der Waals surface area (Å²) in [5.74, 6) is 1.24. The summed E-state index contributed by atoms with van der Waals surface area (Å²) in [6.07, 6.45) is 1.39. The first kappa shape index (κ1) is 25.3. The molecule has 1 aliphatic carbocycles. The Bertz CT molecular complexity index is 1650. The first-order valence-corrected chi connectivity index (χ1v) is 15.3. The van der Waals surface area contributed by atoms with Crippen molar-refractivity contribution in [2.75, 3.05) is 20.4 Å². The molecule has 42 heavy (non-hydrogen) atoms. The molecule has 7 unspecified atom stereocenters. The number of aryl methyl sites for hydroxylation is 1. The van der Waals surface area contributed by atoms with Crippen molar-refractivity contribution in [3.8, 4) is 28.7 Å². The summed E-state index contributed by atoms with van der Waals surface area (Å²) in [6.45, 7) is 6.07. The second-order valence-corrected chi connectivity index (χ2v) is 13.8. The second-order valence-electron chi connectivity index (χ2n) is 12.5. The summed E-state index contributed by atoms with van der Waals surface area (Å²) in [7, 11) is 1.58. The number of hydrogen-bond donors (Lipinski definition) is 2. The molecule has 2 aromatic carbocycles. The number of phenolic OH excluding ortho intramolecular Hbond substituents is 1. The number of methoxy groups -OCH3 is 1. The average molecular weight is 594 g/mol. The Labute approximate surface area is 246 Å². The quantitative estimate of drug-likeness (QED) is 0.392. The van der Waals surface area contributed by atoms with Gasteiger partial charge in [0.1, 0.15) is 5.75 Å². The number of thioether (sulfide) groups is 1. The Morgan fingerprint density at radius 2 is 1.98 bits per heavy atom. The highest BCUT2D eigenvalue weighted by Crippen LogP contribution is 2.72. The van der Waals surface area contributed by atoms with Crippen LogP contribution in [0.15, 0.2) is 6.07 Å². The first-order chi connectivity index (χ1) is 20.2. The van der Waals surface area contributed by atoms with Gasteiger partial charge in [-0.25, -0.2) is 4.79 Å². The Morgan fingerprint density at radius 3 is 2.74 bits per heavy atom. The highest BCUT2D eigenvalue weighted by Gasteiger charge is 2.72. The van der Waals surface area contributed by atoms with Gasteiger partial charge in [-0.2, -0.15) is 0 Å². The van der Waals surface area contributed by atoms with E-state index in [1.54, 1.807) is 7.11 Å². The second kappa shape index (κ2) is 8.04. The number of carbonyl (C=O) groups excluding carboxylic acids is 2. The fourth-order valence-corrected chi connectivity index (χ4v) is 10.8. The number of phenols is 1. The van der Waals surface area contributed by atoms with Gasteiger partial charge in [0.15, 0.2) is 34.0 Å². The molecule has 6 aliphatic heterocycles. The van der Waals surface area contributed by atoms with Gasteiger partial charge in [-0.05, 0) is 31.4 Å². The summed E-state index contributed by atoms with van der Waals surface area (Å²) >= 11 is 1.42. The van der Waals surface area contributed by atoms with Crippen molar-refractivity contribution in [2.24, 2.45) is 5.73 Å². The lowest BCUT2D eigenvalue weighted by Crippen LogP contribution is -2.68. The lowest BCUT2D eigenvalue weighted by molar-refractivity contribution is -0.177. The van der Waals surface area contributed by atoms with Crippen molar-refractivity contribution < 1.29 is 38.4 Å². The Kier molecular flexibility index (Phi) is 4.85. The number of rotatable bonds is 2. The van der Waals surface area contributed by atoms with Crippen LogP contribution in [0.2, 0.25) is 0 Å². The van der Waals surface area contributed by atoms with E-state index in [2.05, 4.69) is 15.9 Å². The number of piperidine rings is 1. The van der Waals surface area contributed by atoms with Crippen molar-refractivity contribution in [3.63, 3.8) is 0 Å². The molecule has 0 amide bonds. The molecule has 4 bridgehead atoms. The molecule has 0 saturated carbocycles. The Hall–Kier alpha value is -3.19. The number of carbonyl (C=O) groups is 2. The van der Waals surface area contributed by atoms with Gasteiger partial charge < -0.3 is 34.5 Å². The van der Waals surface area contributed by atoms with Crippen LogP contribution in [0.4, 0.5) is 0 Å². The van der Waals surface area contributed by atoms with Crippen LogP contribution in [0, 0.1) is 13.8 Å². The maximum Gasteiger partial charge on any atom is 0.334 e. The number of benzene rings is 2. The number of ether oxygens (including phenoxy) is 5. The highest BCUT2D eigenvalue weighted by atomic mass is 32.2. The zero-order valence-corrected chi connectivity index (χ0v) is 24.4. The third-order valence-corrected chi connectivity index (χ3v) is 12.0. The third-order valence-electron chi connectivity index (χ3n) is 10.6. The number of aromatic hydroxyl groups is 1. The SMILES string of the molecule is COc1c(C)cc2c(c1O)C1C3[C@@H]4SC(N)C(=O)OC45CC(c4c6c(c(C)c(OC(C)=O)c45)OCO6)N3C3CC2N1C3. The summed E-state index contributed by atoms with van der Waals surface area (Å²) in [4.78, 5) is 30.9. The standard InChI is InChI=1S/C30H31N3O8S/c1-10-5-14-15-6-13-8-32(15)20(17(14)22(35)23(10)37-4)21-27-30(41-29(36)28(31)42-27)7-16(33(13)21)18-19(30)24(40-12(3)34)11(2)25-26(18)39-9-38-25/h5,13,15-16,20-21,27-28,35H,6-9,31H2,1-4H3/t13?,15?,16?,20?,21?,27-,28?,30?/m0/s1. The fraction of sp³-hybridized carbons (Fsp3) is 0.533. The molecule has 0 radical (unpaired) electrons. The molecule has 3 fully saturated rings. The topological polar surface area (TPSA) is 133 Å². The smallest absolute Gasteiger partial charge is 0.334 e. The number of nitrogens with two attached hydrogens (primary N) is 1. The van der Waals surface area contributed by atoms with Crippen LogP contribution in [-0.2, 0) is 19.9 Å². The predicted molar refractivity (Wildman–Crippen MR) is 149 cm³/mol. The minimum Gasteiger partial charge on any atom is -0.504 e. The highest BCUT2D eigenvalue weighted by molar-refractivity contribution is 8.01.